The lowest BCUT2D eigenvalue weighted by Gasteiger charge is -2.10. The predicted molar refractivity (Wildman–Crippen MR) is 130 cm³/mol. The minimum atomic E-state index is -0.444. The lowest BCUT2D eigenvalue weighted by Crippen LogP contribution is -2.15. The highest BCUT2D eigenvalue weighted by Gasteiger charge is 2.18. The van der Waals surface area contributed by atoms with E-state index >= 15 is 0 Å². The lowest BCUT2D eigenvalue weighted by atomic mass is 10.1. The molecule has 0 aromatic heterocycles. The average molecular weight is 453 g/mol. The van der Waals surface area contributed by atoms with Crippen LogP contribution in [0.5, 0.6) is 0 Å². The zero-order valence-electron chi connectivity index (χ0n) is 19.5. The second-order valence-electron chi connectivity index (χ2n) is 7.51. The van der Waals surface area contributed by atoms with E-state index < -0.39 is 11.9 Å². The van der Waals surface area contributed by atoms with Crippen LogP contribution < -0.4 is 0 Å². The summed E-state index contributed by atoms with van der Waals surface area (Å²) < 4.78 is 10.7. The number of carbonyl (C=O) groups is 2. The van der Waals surface area contributed by atoms with Crippen molar-refractivity contribution in [1.82, 2.24) is 0 Å². The summed E-state index contributed by atoms with van der Waals surface area (Å²) in [6.45, 7) is 8.30. The van der Waals surface area contributed by atoms with Crippen molar-refractivity contribution in [3.05, 3.63) is 47.5 Å². The Morgan fingerprint density at radius 2 is 1.06 bits per heavy atom. The van der Waals surface area contributed by atoms with Gasteiger partial charge in [-0.2, -0.15) is 0 Å². The van der Waals surface area contributed by atoms with Crippen LogP contribution in [0.3, 0.4) is 0 Å². The van der Waals surface area contributed by atoms with Crippen LogP contribution in [0.2, 0.25) is 0 Å². The van der Waals surface area contributed by atoms with Crippen LogP contribution in [0.1, 0.15) is 112 Å². The summed E-state index contributed by atoms with van der Waals surface area (Å²) in [5, 5.41) is 0. The van der Waals surface area contributed by atoms with E-state index in [1.165, 1.54) is 56.9 Å². The van der Waals surface area contributed by atoms with Gasteiger partial charge in [-0.25, -0.2) is 9.59 Å². The third-order valence-electron chi connectivity index (χ3n) is 4.83. The molecule has 0 saturated heterocycles. The summed E-state index contributed by atoms with van der Waals surface area (Å²) in [5.74, 6) is -0.888. The molecule has 0 fully saturated rings. The first-order chi connectivity index (χ1) is 15.1. The van der Waals surface area contributed by atoms with Crippen LogP contribution in [0.4, 0.5) is 0 Å². The Bertz CT molecular complexity index is 552. The van der Waals surface area contributed by atoms with Crippen LogP contribution in [-0.2, 0) is 9.47 Å². The summed E-state index contributed by atoms with van der Waals surface area (Å²) in [6.07, 6.45) is 13.6. The molecule has 4 nitrogen and oxygen atoms in total. The Labute approximate surface area is 194 Å². The number of hydrogen-bond donors (Lipinski definition) is 0. The molecule has 0 radical (unpaired) electrons. The van der Waals surface area contributed by atoms with E-state index in [4.69, 9.17) is 21.1 Å². The molecule has 0 aliphatic carbocycles. The monoisotopic (exact) mass is 452 g/mol. The molecule has 0 saturated carbocycles. The molecule has 0 heterocycles. The molecule has 176 valence electrons. The van der Waals surface area contributed by atoms with E-state index in [1.54, 1.807) is 24.3 Å². The SMILES string of the molecule is C=CCl.CCCCCCCCOC(=O)c1ccccc1C(=O)OCCCCCCCC. The zero-order chi connectivity index (χ0) is 23.2. The quantitative estimate of drug-likeness (QED) is 0.188. The summed E-state index contributed by atoms with van der Waals surface area (Å²) in [6, 6.07) is 6.74. The zero-order valence-corrected chi connectivity index (χ0v) is 20.3. The number of ether oxygens (including phenoxy) is 2. The van der Waals surface area contributed by atoms with Crippen molar-refractivity contribution < 1.29 is 19.1 Å². The van der Waals surface area contributed by atoms with E-state index in [0.717, 1.165) is 25.7 Å². The maximum Gasteiger partial charge on any atom is 0.339 e. The normalized spacial score (nSPS) is 10.0. The number of hydrogen-bond acceptors (Lipinski definition) is 4. The molecule has 5 heteroatoms. The number of benzene rings is 1. The summed E-state index contributed by atoms with van der Waals surface area (Å²) >= 11 is 4.76. The average Bonchev–Trinajstić information content (AvgIpc) is 2.78. The predicted octanol–water partition coefficient (Wildman–Crippen LogP) is 8.09. The molecule has 0 aliphatic heterocycles. The molecule has 0 amide bonds. The summed E-state index contributed by atoms with van der Waals surface area (Å²) in [5.41, 5.74) is 1.81. The van der Waals surface area contributed by atoms with Crippen LogP contribution in [0.15, 0.2) is 36.4 Å². The Hall–Kier alpha value is -1.81. The Kier molecular flexibility index (Phi) is 20.2. The Morgan fingerprint density at radius 3 is 1.42 bits per heavy atom. The van der Waals surface area contributed by atoms with Gasteiger partial charge in [0.05, 0.1) is 24.3 Å². The number of unbranched alkanes of at least 4 members (excludes halogenated alkanes) is 10. The molecule has 1 aromatic carbocycles. The highest BCUT2D eigenvalue weighted by atomic mass is 35.5. The minimum absolute atomic E-state index is 0.293. The minimum Gasteiger partial charge on any atom is -0.462 e. The van der Waals surface area contributed by atoms with Gasteiger partial charge in [-0.1, -0.05) is 108 Å². The highest BCUT2D eigenvalue weighted by molar-refractivity contribution is 6.25. The molecular weight excluding hydrogens is 412 g/mol. The molecule has 0 bridgehead atoms. The van der Waals surface area contributed by atoms with Gasteiger partial charge in [0.15, 0.2) is 0 Å². The topological polar surface area (TPSA) is 52.6 Å². The van der Waals surface area contributed by atoms with E-state index in [-0.39, 0.29) is 0 Å². The van der Waals surface area contributed by atoms with Gasteiger partial charge < -0.3 is 9.47 Å². The fraction of sp³-hybridized carbons (Fsp3) is 0.615. The molecule has 31 heavy (non-hydrogen) atoms. The highest BCUT2D eigenvalue weighted by Crippen LogP contribution is 2.14. The molecule has 1 aromatic rings. The number of carbonyl (C=O) groups excluding carboxylic acids is 2. The Balaban J connectivity index is 0.00000282. The van der Waals surface area contributed by atoms with Crippen LogP contribution in [0.25, 0.3) is 0 Å². The summed E-state index contributed by atoms with van der Waals surface area (Å²) in [4.78, 5) is 24.7. The molecule has 0 N–H and O–H groups in total. The van der Waals surface area contributed by atoms with Crippen molar-refractivity contribution in [2.75, 3.05) is 13.2 Å². The first kappa shape index (κ1) is 29.2. The van der Waals surface area contributed by atoms with E-state index in [1.807, 2.05) is 0 Å². The van der Waals surface area contributed by atoms with Crippen LogP contribution >= 0.6 is 11.6 Å². The number of rotatable bonds is 16. The molecule has 0 aliphatic rings. The van der Waals surface area contributed by atoms with Crippen molar-refractivity contribution in [3.8, 4) is 0 Å². The van der Waals surface area contributed by atoms with Gasteiger partial charge in [0.25, 0.3) is 0 Å². The van der Waals surface area contributed by atoms with Gasteiger partial charge in [0.1, 0.15) is 0 Å². The second kappa shape index (κ2) is 21.4. The lowest BCUT2D eigenvalue weighted by molar-refractivity contribution is 0.0450. The molecule has 1 rings (SSSR count). The van der Waals surface area contributed by atoms with Crippen molar-refractivity contribution in [2.24, 2.45) is 0 Å². The van der Waals surface area contributed by atoms with Gasteiger partial charge in [0, 0.05) is 0 Å². The maximum absolute atomic E-state index is 12.4. The largest absolute Gasteiger partial charge is 0.462 e. The third kappa shape index (κ3) is 15.6. The van der Waals surface area contributed by atoms with Gasteiger partial charge in [0.2, 0.25) is 0 Å². The van der Waals surface area contributed by atoms with Gasteiger partial charge in [-0.15, -0.1) is 0 Å². The van der Waals surface area contributed by atoms with Gasteiger partial charge in [-0.3, -0.25) is 0 Å². The molecular formula is C26H41ClO4. The van der Waals surface area contributed by atoms with E-state index in [0.29, 0.717) is 24.3 Å². The van der Waals surface area contributed by atoms with Crippen LogP contribution in [-0.4, -0.2) is 25.2 Å². The van der Waals surface area contributed by atoms with Crippen LogP contribution in [0, 0.1) is 0 Å². The molecule has 0 unspecified atom stereocenters. The Morgan fingerprint density at radius 1 is 0.742 bits per heavy atom. The van der Waals surface area contributed by atoms with Gasteiger partial charge in [-0.05, 0) is 30.5 Å². The first-order valence-corrected chi connectivity index (χ1v) is 12.2. The van der Waals surface area contributed by atoms with Crippen molar-refractivity contribution in [2.45, 2.75) is 90.9 Å². The van der Waals surface area contributed by atoms with E-state index in [9.17, 15) is 9.59 Å². The van der Waals surface area contributed by atoms with E-state index in [2.05, 4.69) is 20.4 Å². The van der Waals surface area contributed by atoms with Crippen molar-refractivity contribution in [3.63, 3.8) is 0 Å². The smallest absolute Gasteiger partial charge is 0.339 e. The first-order valence-electron chi connectivity index (χ1n) is 11.8. The number of halogens is 1. The standard InChI is InChI=1S/C24H38O4.C2H3Cl/c1-3-5-7-9-11-15-19-27-23(25)21-17-13-14-18-22(21)24(26)28-20-16-12-10-8-6-4-2;1-2-3/h13-14,17-18H,3-12,15-16,19-20H2,1-2H3;2H,1H2. The maximum atomic E-state index is 12.4. The number of esters is 2. The van der Waals surface area contributed by atoms with Gasteiger partial charge >= 0.3 is 11.9 Å². The molecule has 0 spiro atoms. The third-order valence-corrected chi connectivity index (χ3v) is 4.83. The summed E-state index contributed by atoms with van der Waals surface area (Å²) in [7, 11) is 0. The molecule has 0 atom stereocenters. The van der Waals surface area contributed by atoms with Crippen molar-refractivity contribution >= 4 is 23.5 Å². The van der Waals surface area contributed by atoms with Crippen molar-refractivity contribution in [1.29, 1.82) is 0 Å². The second-order valence-corrected chi connectivity index (χ2v) is 7.82. The fourth-order valence-corrected chi connectivity index (χ4v) is 3.09. The fourth-order valence-electron chi connectivity index (χ4n) is 3.09.